The lowest BCUT2D eigenvalue weighted by molar-refractivity contribution is -0.143. The van der Waals surface area contributed by atoms with Crippen LogP contribution >= 0.6 is 11.3 Å². The standard InChI is InChI=1S/C12H16N2O4S/c1-7-13-10(12(17)18)9(19-7)6-14-4-2-8(3-5-14)11(15)16/h8H,2-6H2,1H3,(H,15,16)(H,17,18). The first-order valence-electron chi connectivity index (χ1n) is 6.12. The predicted octanol–water partition coefficient (Wildman–Crippen LogP) is 1.45. The van der Waals surface area contributed by atoms with Gasteiger partial charge in [0, 0.05) is 6.54 Å². The molecule has 2 N–H and O–H groups in total. The summed E-state index contributed by atoms with van der Waals surface area (Å²) in [6, 6.07) is 0. The summed E-state index contributed by atoms with van der Waals surface area (Å²) in [6.07, 6.45) is 1.24. The third kappa shape index (κ3) is 3.30. The van der Waals surface area contributed by atoms with Gasteiger partial charge in [0.05, 0.1) is 15.8 Å². The molecule has 104 valence electrons. The van der Waals surface area contributed by atoms with Crippen molar-refractivity contribution in [2.45, 2.75) is 26.3 Å². The van der Waals surface area contributed by atoms with Gasteiger partial charge in [0.1, 0.15) is 0 Å². The van der Waals surface area contributed by atoms with Crippen LogP contribution in [-0.4, -0.2) is 45.1 Å². The maximum atomic E-state index is 11.1. The molecule has 0 spiro atoms. The number of aryl methyl sites for hydroxylation is 1. The van der Waals surface area contributed by atoms with E-state index in [-0.39, 0.29) is 11.6 Å². The Kier molecular flexibility index (Phi) is 4.16. The van der Waals surface area contributed by atoms with Crippen molar-refractivity contribution in [1.29, 1.82) is 0 Å². The highest BCUT2D eigenvalue weighted by Gasteiger charge is 2.26. The lowest BCUT2D eigenvalue weighted by Gasteiger charge is -2.29. The number of hydrogen-bond donors (Lipinski definition) is 2. The molecule has 2 rings (SSSR count). The Hall–Kier alpha value is -1.47. The van der Waals surface area contributed by atoms with E-state index in [4.69, 9.17) is 10.2 Å². The third-order valence-electron chi connectivity index (χ3n) is 3.31. The average molecular weight is 284 g/mol. The van der Waals surface area contributed by atoms with E-state index in [0.29, 0.717) is 32.5 Å². The van der Waals surface area contributed by atoms with Crippen molar-refractivity contribution >= 4 is 23.3 Å². The van der Waals surface area contributed by atoms with Crippen molar-refractivity contribution in [3.05, 3.63) is 15.6 Å². The first kappa shape index (κ1) is 14.0. The number of aromatic carboxylic acids is 1. The monoisotopic (exact) mass is 284 g/mol. The van der Waals surface area contributed by atoms with E-state index in [1.165, 1.54) is 11.3 Å². The minimum absolute atomic E-state index is 0.128. The van der Waals surface area contributed by atoms with Gasteiger partial charge in [-0.25, -0.2) is 9.78 Å². The first-order valence-corrected chi connectivity index (χ1v) is 6.93. The Morgan fingerprint density at radius 2 is 2.00 bits per heavy atom. The molecule has 0 amide bonds. The highest BCUT2D eigenvalue weighted by molar-refractivity contribution is 7.11. The van der Waals surface area contributed by atoms with Crippen LogP contribution in [0.5, 0.6) is 0 Å². The van der Waals surface area contributed by atoms with Gasteiger partial charge in [-0.2, -0.15) is 0 Å². The molecule has 7 heteroatoms. The number of nitrogens with zero attached hydrogens (tertiary/aromatic N) is 2. The van der Waals surface area contributed by atoms with E-state index in [1.54, 1.807) is 6.92 Å². The summed E-state index contributed by atoms with van der Waals surface area (Å²) in [7, 11) is 0. The van der Waals surface area contributed by atoms with Gasteiger partial charge < -0.3 is 10.2 Å². The zero-order valence-electron chi connectivity index (χ0n) is 10.6. The van der Waals surface area contributed by atoms with Crippen LogP contribution in [0.2, 0.25) is 0 Å². The van der Waals surface area contributed by atoms with Crippen molar-refractivity contribution in [2.24, 2.45) is 5.92 Å². The molecule has 19 heavy (non-hydrogen) atoms. The summed E-state index contributed by atoms with van der Waals surface area (Å²) in [5, 5.41) is 18.7. The van der Waals surface area contributed by atoms with Crippen molar-refractivity contribution in [3.63, 3.8) is 0 Å². The number of carboxylic acid groups (broad SMARTS) is 2. The number of hydrogen-bond acceptors (Lipinski definition) is 5. The molecule has 0 saturated carbocycles. The lowest BCUT2D eigenvalue weighted by Crippen LogP contribution is -2.35. The number of likely N-dealkylation sites (tertiary alicyclic amines) is 1. The Morgan fingerprint density at radius 1 is 1.37 bits per heavy atom. The number of aromatic nitrogens is 1. The molecule has 0 unspecified atom stereocenters. The van der Waals surface area contributed by atoms with Gasteiger partial charge in [0.2, 0.25) is 0 Å². The summed E-state index contributed by atoms with van der Waals surface area (Å²) in [5.41, 5.74) is 0.128. The van der Waals surface area contributed by atoms with Gasteiger partial charge in [-0.05, 0) is 32.9 Å². The van der Waals surface area contributed by atoms with Gasteiger partial charge in [0.25, 0.3) is 0 Å². The minimum atomic E-state index is -1.00. The lowest BCUT2D eigenvalue weighted by atomic mass is 9.97. The molecule has 1 aromatic rings. The normalized spacial score (nSPS) is 17.5. The van der Waals surface area contributed by atoms with E-state index in [9.17, 15) is 9.59 Å². The van der Waals surface area contributed by atoms with Crippen LogP contribution in [-0.2, 0) is 11.3 Å². The molecule has 0 aromatic carbocycles. The fraction of sp³-hybridized carbons (Fsp3) is 0.583. The second-order valence-corrected chi connectivity index (χ2v) is 5.99. The highest BCUT2D eigenvalue weighted by atomic mass is 32.1. The summed E-state index contributed by atoms with van der Waals surface area (Å²) in [6.45, 7) is 3.71. The van der Waals surface area contributed by atoms with Crippen molar-refractivity contribution in [1.82, 2.24) is 9.88 Å². The van der Waals surface area contributed by atoms with Gasteiger partial charge in [-0.1, -0.05) is 0 Å². The van der Waals surface area contributed by atoms with E-state index >= 15 is 0 Å². The number of aliphatic carboxylic acids is 1. The Balaban J connectivity index is 1.99. The van der Waals surface area contributed by atoms with Gasteiger partial charge in [0.15, 0.2) is 5.69 Å². The smallest absolute Gasteiger partial charge is 0.355 e. The molecule has 1 aliphatic heterocycles. The highest BCUT2D eigenvalue weighted by Crippen LogP contribution is 2.24. The summed E-state index contributed by atoms with van der Waals surface area (Å²) < 4.78 is 0. The fourth-order valence-electron chi connectivity index (χ4n) is 2.28. The number of piperidine rings is 1. The number of carboxylic acids is 2. The van der Waals surface area contributed by atoms with Gasteiger partial charge in [-0.3, -0.25) is 9.69 Å². The second kappa shape index (κ2) is 5.66. The van der Waals surface area contributed by atoms with Gasteiger partial charge >= 0.3 is 11.9 Å². The molecule has 1 aliphatic rings. The molecule has 0 radical (unpaired) electrons. The largest absolute Gasteiger partial charge is 0.481 e. The number of thiazole rings is 1. The van der Waals surface area contributed by atoms with Crippen molar-refractivity contribution in [3.8, 4) is 0 Å². The van der Waals surface area contributed by atoms with Gasteiger partial charge in [-0.15, -0.1) is 11.3 Å². The Morgan fingerprint density at radius 3 is 2.53 bits per heavy atom. The van der Waals surface area contributed by atoms with Crippen LogP contribution in [0.15, 0.2) is 0 Å². The quantitative estimate of drug-likeness (QED) is 0.869. The van der Waals surface area contributed by atoms with Crippen LogP contribution in [0.4, 0.5) is 0 Å². The van der Waals surface area contributed by atoms with E-state index < -0.39 is 11.9 Å². The van der Waals surface area contributed by atoms with E-state index in [0.717, 1.165) is 9.88 Å². The van der Waals surface area contributed by atoms with Crippen LogP contribution in [0.1, 0.15) is 33.2 Å². The molecular weight excluding hydrogens is 268 g/mol. The van der Waals surface area contributed by atoms with Crippen LogP contribution in [0, 0.1) is 12.8 Å². The molecule has 0 bridgehead atoms. The average Bonchev–Trinajstić information content (AvgIpc) is 2.71. The molecule has 2 heterocycles. The molecular formula is C12H16N2O4S. The summed E-state index contributed by atoms with van der Waals surface area (Å²) in [5.74, 6) is -2.00. The zero-order chi connectivity index (χ0) is 14.0. The molecule has 1 saturated heterocycles. The van der Waals surface area contributed by atoms with Crippen LogP contribution in [0.25, 0.3) is 0 Å². The topological polar surface area (TPSA) is 90.7 Å². The number of carbonyl (C=O) groups is 2. The van der Waals surface area contributed by atoms with Crippen LogP contribution in [0.3, 0.4) is 0 Å². The Bertz CT molecular complexity index is 492. The maximum Gasteiger partial charge on any atom is 0.355 e. The second-order valence-electron chi connectivity index (χ2n) is 4.70. The Labute approximate surface area is 114 Å². The minimum Gasteiger partial charge on any atom is -0.481 e. The van der Waals surface area contributed by atoms with Crippen molar-refractivity contribution < 1.29 is 19.8 Å². The molecule has 6 nitrogen and oxygen atoms in total. The third-order valence-corrected chi connectivity index (χ3v) is 4.27. The van der Waals surface area contributed by atoms with Crippen LogP contribution < -0.4 is 0 Å². The SMILES string of the molecule is Cc1nc(C(=O)O)c(CN2CCC(C(=O)O)CC2)s1. The molecule has 0 aliphatic carbocycles. The first-order chi connectivity index (χ1) is 8.97. The van der Waals surface area contributed by atoms with E-state index in [2.05, 4.69) is 9.88 Å². The van der Waals surface area contributed by atoms with Crippen molar-refractivity contribution in [2.75, 3.05) is 13.1 Å². The predicted molar refractivity (Wildman–Crippen MR) is 69.4 cm³/mol. The molecule has 0 atom stereocenters. The summed E-state index contributed by atoms with van der Waals surface area (Å²) >= 11 is 1.39. The molecule has 1 fully saturated rings. The number of rotatable bonds is 4. The zero-order valence-corrected chi connectivity index (χ0v) is 11.4. The van der Waals surface area contributed by atoms with E-state index in [1.807, 2.05) is 0 Å². The molecule has 1 aromatic heterocycles. The fourth-order valence-corrected chi connectivity index (χ4v) is 3.25. The maximum absolute atomic E-state index is 11.1. The summed E-state index contributed by atoms with van der Waals surface area (Å²) in [4.78, 5) is 28.8.